The maximum atomic E-state index is 11.2. The SMILES string of the molecule is CCC[C@@]1(O)CCC2c3ccc(C(=O)O)cc3CCC[C@H]2C1. The van der Waals surface area contributed by atoms with Crippen LogP contribution in [-0.2, 0) is 6.42 Å². The van der Waals surface area contributed by atoms with Gasteiger partial charge >= 0.3 is 5.97 Å². The molecule has 1 unspecified atom stereocenters. The van der Waals surface area contributed by atoms with Gasteiger partial charge in [0.1, 0.15) is 0 Å². The van der Waals surface area contributed by atoms with E-state index in [-0.39, 0.29) is 0 Å². The van der Waals surface area contributed by atoms with Gasteiger partial charge < -0.3 is 10.2 Å². The maximum Gasteiger partial charge on any atom is 0.335 e. The van der Waals surface area contributed by atoms with Gasteiger partial charge in [0.25, 0.3) is 0 Å². The van der Waals surface area contributed by atoms with Crippen LogP contribution in [0, 0.1) is 5.92 Å². The third-order valence-electron chi connectivity index (χ3n) is 5.66. The number of carboxylic acid groups (broad SMARTS) is 1. The smallest absolute Gasteiger partial charge is 0.335 e. The van der Waals surface area contributed by atoms with Crippen molar-refractivity contribution in [1.29, 1.82) is 0 Å². The molecule has 2 aliphatic rings. The molecule has 0 saturated heterocycles. The molecule has 22 heavy (non-hydrogen) atoms. The van der Waals surface area contributed by atoms with E-state index in [0.717, 1.165) is 51.4 Å². The third-order valence-corrected chi connectivity index (χ3v) is 5.66. The number of hydrogen-bond acceptors (Lipinski definition) is 2. The lowest BCUT2D eigenvalue weighted by molar-refractivity contribution is -0.0316. The van der Waals surface area contributed by atoms with Crippen molar-refractivity contribution in [3.63, 3.8) is 0 Å². The van der Waals surface area contributed by atoms with Crippen LogP contribution < -0.4 is 0 Å². The van der Waals surface area contributed by atoms with E-state index in [1.54, 1.807) is 6.07 Å². The van der Waals surface area contributed by atoms with Crippen molar-refractivity contribution in [2.75, 3.05) is 0 Å². The lowest BCUT2D eigenvalue weighted by Gasteiger charge is -2.41. The van der Waals surface area contributed by atoms with Crippen molar-refractivity contribution >= 4 is 5.97 Å². The number of aromatic carboxylic acids is 1. The first kappa shape index (κ1) is 15.5. The van der Waals surface area contributed by atoms with E-state index in [4.69, 9.17) is 0 Å². The molecular weight excluding hydrogens is 276 g/mol. The zero-order valence-electron chi connectivity index (χ0n) is 13.3. The molecule has 0 radical (unpaired) electrons. The van der Waals surface area contributed by atoms with E-state index in [1.807, 2.05) is 12.1 Å². The molecule has 3 nitrogen and oxygen atoms in total. The van der Waals surface area contributed by atoms with Crippen LogP contribution in [-0.4, -0.2) is 21.8 Å². The van der Waals surface area contributed by atoms with Gasteiger partial charge in [-0.3, -0.25) is 0 Å². The summed E-state index contributed by atoms with van der Waals surface area (Å²) in [6.45, 7) is 2.14. The number of aryl methyl sites for hydroxylation is 1. The van der Waals surface area contributed by atoms with E-state index < -0.39 is 11.6 Å². The van der Waals surface area contributed by atoms with Gasteiger partial charge in [-0.25, -0.2) is 4.79 Å². The fourth-order valence-corrected chi connectivity index (χ4v) is 4.67. The standard InChI is InChI=1S/C19H26O3/c1-2-9-19(22)10-8-17-15(12-19)5-3-4-13-11-14(18(20)21)6-7-16(13)17/h6-7,11,15,17,22H,2-5,8-10,12H2,1H3,(H,20,21)/t15-,17?,19+/m0/s1. The second-order valence-electron chi connectivity index (χ2n) is 7.19. The predicted molar refractivity (Wildman–Crippen MR) is 86.3 cm³/mol. The van der Waals surface area contributed by atoms with Crippen molar-refractivity contribution in [2.45, 2.75) is 69.8 Å². The van der Waals surface area contributed by atoms with Crippen LogP contribution in [0.3, 0.4) is 0 Å². The van der Waals surface area contributed by atoms with E-state index in [2.05, 4.69) is 6.92 Å². The third kappa shape index (κ3) is 2.91. The van der Waals surface area contributed by atoms with Gasteiger partial charge in [0, 0.05) is 0 Å². The molecule has 1 aromatic carbocycles. The number of aliphatic hydroxyl groups is 1. The molecule has 1 fully saturated rings. The Morgan fingerprint density at radius 3 is 2.91 bits per heavy atom. The van der Waals surface area contributed by atoms with Crippen molar-refractivity contribution in [2.24, 2.45) is 5.92 Å². The quantitative estimate of drug-likeness (QED) is 0.882. The van der Waals surface area contributed by atoms with Gasteiger partial charge in [0.05, 0.1) is 11.2 Å². The van der Waals surface area contributed by atoms with E-state index in [9.17, 15) is 15.0 Å². The minimum atomic E-state index is -0.843. The molecule has 3 rings (SSSR count). The molecule has 0 aliphatic heterocycles. The molecule has 0 bridgehead atoms. The molecule has 1 saturated carbocycles. The molecular formula is C19H26O3. The Bertz CT molecular complexity index is 566. The predicted octanol–water partition coefficient (Wildman–Crippen LogP) is 4.14. The highest BCUT2D eigenvalue weighted by Crippen LogP contribution is 2.48. The van der Waals surface area contributed by atoms with Crippen molar-refractivity contribution in [1.82, 2.24) is 0 Å². The fourth-order valence-electron chi connectivity index (χ4n) is 4.67. The largest absolute Gasteiger partial charge is 0.478 e. The van der Waals surface area contributed by atoms with Crippen LogP contribution in [0.4, 0.5) is 0 Å². The highest BCUT2D eigenvalue weighted by molar-refractivity contribution is 5.88. The summed E-state index contributed by atoms with van der Waals surface area (Å²) in [5, 5.41) is 20.0. The molecule has 0 heterocycles. The molecule has 0 aromatic heterocycles. The number of rotatable bonds is 3. The molecule has 2 N–H and O–H groups in total. The lowest BCUT2D eigenvalue weighted by Crippen LogP contribution is -2.38. The Kier molecular flexibility index (Phi) is 4.26. The summed E-state index contributed by atoms with van der Waals surface area (Å²) in [7, 11) is 0. The second-order valence-corrected chi connectivity index (χ2v) is 7.19. The Morgan fingerprint density at radius 2 is 2.18 bits per heavy atom. The summed E-state index contributed by atoms with van der Waals surface area (Å²) >= 11 is 0. The Hall–Kier alpha value is -1.35. The second kappa shape index (κ2) is 6.04. The van der Waals surface area contributed by atoms with Gasteiger partial charge in [-0.1, -0.05) is 19.4 Å². The summed E-state index contributed by atoms with van der Waals surface area (Å²) in [5.41, 5.74) is 2.48. The Morgan fingerprint density at radius 1 is 1.36 bits per heavy atom. The summed E-state index contributed by atoms with van der Waals surface area (Å²) in [5.74, 6) is 0.198. The van der Waals surface area contributed by atoms with Crippen LogP contribution in [0.1, 0.15) is 79.3 Å². The van der Waals surface area contributed by atoms with Crippen LogP contribution >= 0.6 is 0 Å². The number of fused-ring (bicyclic) bond motifs is 3. The average Bonchev–Trinajstić information content (AvgIpc) is 2.64. The van der Waals surface area contributed by atoms with Gasteiger partial charge in [-0.05, 0) is 80.0 Å². The maximum absolute atomic E-state index is 11.2. The normalized spacial score (nSPS) is 31.0. The first-order valence-corrected chi connectivity index (χ1v) is 8.61. The topological polar surface area (TPSA) is 57.5 Å². The Labute approximate surface area is 132 Å². The molecule has 3 atom stereocenters. The minimum absolute atomic E-state index is 0.399. The van der Waals surface area contributed by atoms with Crippen LogP contribution in [0.25, 0.3) is 0 Å². The molecule has 2 aliphatic carbocycles. The number of carbonyl (C=O) groups is 1. The van der Waals surface area contributed by atoms with Crippen LogP contribution in [0.5, 0.6) is 0 Å². The summed E-state index contributed by atoms with van der Waals surface area (Å²) in [6.07, 6.45) is 7.96. The fraction of sp³-hybridized carbons (Fsp3) is 0.632. The van der Waals surface area contributed by atoms with Gasteiger partial charge in [-0.2, -0.15) is 0 Å². The van der Waals surface area contributed by atoms with E-state index in [1.165, 1.54) is 11.1 Å². The molecule has 120 valence electrons. The van der Waals surface area contributed by atoms with Crippen LogP contribution in [0.15, 0.2) is 18.2 Å². The lowest BCUT2D eigenvalue weighted by atomic mass is 9.67. The van der Waals surface area contributed by atoms with E-state index >= 15 is 0 Å². The zero-order chi connectivity index (χ0) is 15.7. The van der Waals surface area contributed by atoms with Gasteiger partial charge in [-0.15, -0.1) is 0 Å². The Balaban J connectivity index is 1.88. The van der Waals surface area contributed by atoms with Gasteiger partial charge in [0.15, 0.2) is 0 Å². The highest BCUT2D eigenvalue weighted by atomic mass is 16.4. The summed E-state index contributed by atoms with van der Waals surface area (Å²) in [4.78, 5) is 11.2. The number of carboxylic acids is 1. The molecule has 1 aromatic rings. The van der Waals surface area contributed by atoms with Crippen molar-refractivity contribution in [3.8, 4) is 0 Å². The van der Waals surface area contributed by atoms with Crippen molar-refractivity contribution in [3.05, 3.63) is 34.9 Å². The average molecular weight is 302 g/mol. The zero-order valence-corrected chi connectivity index (χ0v) is 13.3. The first-order chi connectivity index (χ1) is 10.5. The van der Waals surface area contributed by atoms with Crippen LogP contribution in [0.2, 0.25) is 0 Å². The molecule has 3 heteroatoms. The number of hydrogen-bond donors (Lipinski definition) is 2. The summed E-state index contributed by atoms with van der Waals surface area (Å²) in [6, 6.07) is 5.65. The first-order valence-electron chi connectivity index (χ1n) is 8.61. The van der Waals surface area contributed by atoms with Gasteiger partial charge in [0.2, 0.25) is 0 Å². The monoisotopic (exact) mass is 302 g/mol. The number of benzene rings is 1. The minimum Gasteiger partial charge on any atom is -0.478 e. The molecule has 0 amide bonds. The highest BCUT2D eigenvalue weighted by Gasteiger charge is 2.40. The molecule has 0 spiro atoms. The van der Waals surface area contributed by atoms with Crippen molar-refractivity contribution < 1.29 is 15.0 Å². The van der Waals surface area contributed by atoms with E-state index in [0.29, 0.717) is 17.4 Å². The summed E-state index contributed by atoms with van der Waals surface area (Å²) < 4.78 is 0.